The lowest BCUT2D eigenvalue weighted by molar-refractivity contribution is -0.182. The fourth-order valence-electron chi connectivity index (χ4n) is 5.81. The maximum absolute atomic E-state index is 12.5. The number of ketones is 1. The zero-order valence-electron chi connectivity index (χ0n) is 14.6. The number of ether oxygens (including phenoxy) is 2. The number of hydrogen-bond acceptors (Lipinski definition) is 4. The standard InChI is InChI=1S/C19H25NO3.ClH/c1-12-8-14(21)11-18-6-7-20-17(19(12,18)23-3)9-13-4-5-15(22-2)10-16(13)18;/h4-5,10,12,17,20H,6-9,11H2,1-3H3;1H/t12-,17-,18-,19-;/m1./s1. The number of Topliss-reactive ketones (excluding diaryl/α,β-unsaturated/α-hetero) is 1. The smallest absolute Gasteiger partial charge is 0.134 e. The van der Waals surface area contributed by atoms with Crippen molar-refractivity contribution >= 4 is 18.2 Å². The van der Waals surface area contributed by atoms with Gasteiger partial charge in [0.25, 0.3) is 0 Å². The first-order valence-corrected chi connectivity index (χ1v) is 8.55. The second kappa shape index (κ2) is 6.01. The van der Waals surface area contributed by atoms with Gasteiger partial charge >= 0.3 is 0 Å². The molecule has 0 amide bonds. The van der Waals surface area contributed by atoms with Gasteiger partial charge < -0.3 is 14.8 Å². The molecule has 1 aliphatic heterocycles. The fraction of sp³-hybridized carbons (Fsp3) is 0.632. The summed E-state index contributed by atoms with van der Waals surface area (Å²) in [6.07, 6.45) is 3.09. The first kappa shape index (κ1) is 17.7. The minimum absolute atomic E-state index is 0. The number of carbonyl (C=O) groups is 1. The van der Waals surface area contributed by atoms with Gasteiger partial charge in [0, 0.05) is 31.4 Å². The lowest BCUT2D eigenvalue weighted by Gasteiger charge is -2.64. The highest BCUT2D eigenvalue weighted by Gasteiger charge is 2.66. The van der Waals surface area contributed by atoms with Crippen LogP contribution in [0.1, 0.15) is 37.3 Å². The molecule has 3 aliphatic rings. The van der Waals surface area contributed by atoms with Crippen LogP contribution in [0.2, 0.25) is 0 Å². The van der Waals surface area contributed by atoms with E-state index in [1.807, 2.05) is 13.2 Å². The lowest BCUT2D eigenvalue weighted by Crippen LogP contribution is -2.76. The number of carbonyl (C=O) groups excluding carboxylic acids is 1. The molecule has 1 aromatic rings. The van der Waals surface area contributed by atoms with E-state index in [1.165, 1.54) is 11.1 Å². The van der Waals surface area contributed by atoms with Gasteiger partial charge in [-0.2, -0.15) is 0 Å². The van der Waals surface area contributed by atoms with Gasteiger partial charge in [-0.3, -0.25) is 4.79 Å². The predicted octanol–water partition coefficient (Wildman–Crippen LogP) is 2.66. The number of rotatable bonds is 2. The topological polar surface area (TPSA) is 47.6 Å². The Bertz CT molecular complexity index is 664. The summed E-state index contributed by atoms with van der Waals surface area (Å²) in [6, 6.07) is 6.61. The molecule has 1 aromatic carbocycles. The van der Waals surface area contributed by atoms with Crippen molar-refractivity contribution < 1.29 is 14.3 Å². The zero-order valence-corrected chi connectivity index (χ0v) is 15.4. The van der Waals surface area contributed by atoms with Crippen molar-refractivity contribution in [3.05, 3.63) is 29.3 Å². The van der Waals surface area contributed by atoms with Gasteiger partial charge in [-0.05, 0) is 48.6 Å². The molecule has 2 fully saturated rings. The molecule has 0 spiro atoms. The molecule has 132 valence electrons. The Morgan fingerprint density at radius 1 is 1.25 bits per heavy atom. The second-order valence-electron chi connectivity index (χ2n) is 7.38. The average Bonchev–Trinajstić information content (AvgIpc) is 2.54. The highest BCUT2D eigenvalue weighted by molar-refractivity contribution is 5.85. The van der Waals surface area contributed by atoms with E-state index in [2.05, 4.69) is 24.4 Å². The van der Waals surface area contributed by atoms with E-state index in [0.717, 1.165) is 25.1 Å². The summed E-state index contributed by atoms with van der Waals surface area (Å²) in [5, 5.41) is 3.68. The highest BCUT2D eigenvalue weighted by Crippen LogP contribution is 2.59. The molecular formula is C19H26ClNO3. The van der Waals surface area contributed by atoms with E-state index in [4.69, 9.17) is 9.47 Å². The van der Waals surface area contributed by atoms with Crippen molar-refractivity contribution in [3.63, 3.8) is 0 Å². The Morgan fingerprint density at radius 3 is 2.75 bits per heavy atom. The minimum Gasteiger partial charge on any atom is -0.497 e. The number of methoxy groups -OCH3 is 2. The molecule has 4 rings (SSSR count). The predicted molar refractivity (Wildman–Crippen MR) is 95.2 cm³/mol. The molecule has 1 N–H and O–H groups in total. The van der Waals surface area contributed by atoms with Crippen molar-refractivity contribution in [1.82, 2.24) is 5.32 Å². The average molecular weight is 352 g/mol. The molecule has 4 nitrogen and oxygen atoms in total. The fourth-order valence-corrected chi connectivity index (χ4v) is 5.81. The third-order valence-electron chi connectivity index (χ3n) is 6.57. The van der Waals surface area contributed by atoms with E-state index < -0.39 is 0 Å². The molecule has 0 radical (unpaired) electrons. The number of nitrogens with one attached hydrogen (secondary N) is 1. The summed E-state index contributed by atoms with van der Waals surface area (Å²) in [5.74, 6) is 1.44. The summed E-state index contributed by atoms with van der Waals surface area (Å²) >= 11 is 0. The van der Waals surface area contributed by atoms with E-state index in [0.29, 0.717) is 18.6 Å². The maximum Gasteiger partial charge on any atom is 0.134 e. The first-order valence-electron chi connectivity index (χ1n) is 8.55. The van der Waals surface area contributed by atoms with E-state index in [1.54, 1.807) is 7.11 Å². The second-order valence-corrected chi connectivity index (χ2v) is 7.38. The van der Waals surface area contributed by atoms with Crippen LogP contribution in [0, 0.1) is 5.92 Å². The van der Waals surface area contributed by atoms with Crippen LogP contribution in [0.4, 0.5) is 0 Å². The molecule has 1 heterocycles. The van der Waals surface area contributed by atoms with Crippen LogP contribution < -0.4 is 10.1 Å². The minimum atomic E-state index is -0.307. The van der Waals surface area contributed by atoms with Crippen molar-refractivity contribution in [2.45, 2.75) is 49.7 Å². The number of hydrogen-bond donors (Lipinski definition) is 1. The number of benzene rings is 1. The van der Waals surface area contributed by atoms with Crippen LogP contribution >= 0.6 is 12.4 Å². The quantitative estimate of drug-likeness (QED) is 0.890. The van der Waals surface area contributed by atoms with Gasteiger partial charge in [0.1, 0.15) is 11.5 Å². The Balaban J connectivity index is 0.00000169. The van der Waals surface area contributed by atoms with Crippen LogP contribution in [0.3, 0.4) is 0 Å². The number of fused-ring (bicyclic) bond motifs is 1. The molecule has 0 unspecified atom stereocenters. The molecule has 2 bridgehead atoms. The van der Waals surface area contributed by atoms with Gasteiger partial charge in [-0.1, -0.05) is 13.0 Å². The van der Waals surface area contributed by atoms with Gasteiger partial charge in [0.15, 0.2) is 0 Å². The summed E-state index contributed by atoms with van der Waals surface area (Å²) in [6.45, 7) is 3.12. The normalized spacial score (nSPS) is 37.0. The maximum atomic E-state index is 12.5. The summed E-state index contributed by atoms with van der Waals surface area (Å²) in [4.78, 5) is 12.5. The molecule has 4 atom stereocenters. The molecule has 1 saturated carbocycles. The van der Waals surface area contributed by atoms with E-state index >= 15 is 0 Å². The van der Waals surface area contributed by atoms with Crippen LogP contribution in [-0.2, 0) is 21.4 Å². The van der Waals surface area contributed by atoms with E-state index in [9.17, 15) is 4.79 Å². The summed E-state index contributed by atoms with van der Waals surface area (Å²) in [7, 11) is 3.53. The molecule has 2 aliphatic carbocycles. The summed E-state index contributed by atoms with van der Waals surface area (Å²) < 4.78 is 11.7. The molecular weight excluding hydrogens is 326 g/mol. The molecule has 5 heteroatoms. The van der Waals surface area contributed by atoms with Gasteiger partial charge in [0.05, 0.1) is 12.7 Å². The molecule has 0 aromatic heterocycles. The largest absolute Gasteiger partial charge is 0.497 e. The Morgan fingerprint density at radius 2 is 2.04 bits per heavy atom. The van der Waals surface area contributed by atoms with Crippen molar-refractivity contribution in [3.8, 4) is 5.75 Å². The highest BCUT2D eigenvalue weighted by atomic mass is 35.5. The monoisotopic (exact) mass is 351 g/mol. The van der Waals surface area contributed by atoms with Crippen LogP contribution in [0.15, 0.2) is 18.2 Å². The third-order valence-corrected chi connectivity index (χ3v) is 6.57. The third kappa shape index (κ3) is 2.03. The van der Waals surface area contributed by atoms with Gasteiger partial charge in [-0.25, -0.2) is 0 Å². The van der Waals surface area contributed by atoms with Crippen LogP contribution in [0.5, 0.6) is 5.75 Å². The van der Waals surface area contributed by atoms with Crippen molar-refractivity contribution in [1.29, 1.82) is 0 Å². The van der Waals surface area contributed by atoms with Gasteiger partial charge in [0.2, 0.25) is 0 Å². The Labute approximate surface area is 149 Å². The van der Waals surface area contributed by atoms with Gasteiger partial charge in [-0.15, -0.1) is 12.4 Å². The Kier molecular flexibility index (Phi) is 4.44. The first-order chi connectivity index (χ1) is 11.1. The molecule has 1 saturated heterocycles. The van der Waals surface area contributed by atoms with E-state index in [-0.39, 0.29) is 35.4 Å². The van der Waals surface area contributed by atoms with Crippen molar-refractivity contribution in [2.75, 3.05) is 20.8 Å². The number of piperidine rings is 1. The van der Waals surface area contributed by atoms with Crippen LogP contribution in [0.25, 0.3) is 0 Å². The Hall–Kier alpha value is -1.10. The summed E-state index contributed by atoms with van der Waals surface area (Å²) in [5.41, 5.74) is 2.07. The molecule has 24 heavy (non-hydrogen) atoms. The zero-order chi connectivity index (χ0) is 16.2. The van der Waals surface area contributed by atoms with Crippen molar-refractivity contribution in [2.24, 2.45) is 5.92 Å². The lowest BCUT2D eigenvalue weighted by atomic mass is 9.47. The van der Waals surface area contributed by atoms with Crippen LogP contribution in [-0.4, -0.2) is 38.2 Å². The SMILES string of the molecule is COc1ccc2c(c1)[C@]13CCN[C@H](C2)[C@]1(OC)[C@H](C)CC(=O)C3.Cl. The number of halogens is 1.